The number of nitrogens with one attached hydrogen (secondary N) is 3. The molecule has 2 rings (SSSR count). The maximum atomic E-state index is 11.4. The van der Waals surface area contributed by atoms with Gasteiger partial charge in [0.25, 0.3) is 0 Å². The summed E-state index contributed by atoms with van der Waals surface area (Å²) in [6, 6.07) is 0.682. The summed E-state index contributed by atoms with van der Waals surface area (Å²) in [4.78, 5) is 18.6. The number of hydrogen-bond acceptors (Lipinski definition) is 3. The number of hydrogen-bond donors (Lipinski definition) is 3. The van der Waals surface area contributed by atoms with E-state index in [2.05, 4.69) is 20.6 Å². The predicted molar refractivity (Wildman–Crippen MR) is 65.6 cm³/mol. The van der Waals surface area contributed by atoms with Crippen LogP contribution in [0.1, 0.15) is 31.5 Å². The standard InChI is InChI=1S/C12H20N4O/c17-12(5-7-13-10-3-4-10)16-6-1-2-11-14-8-9-15-11/h8-10,13H,1-7H2,(H,14,15)(H,16,17). The first-order chi connectivity index (χ1) is 8.34. The minimum atomic E-state index is 0.137. The average Bonchev–Trinajstić information content (AvgIpc) is 3.00. The van der Waals surface area contributed by atoms with Crippen molar-refractivity contribution in [1.82, 2.24) is 20.6 Å². The molecule has 1 aromatic heterocycles. The highest BCUT2D eigenvalue weighted by molar-refractivity contribution is 5.75. The molecule has 5 nitrogen and oxygen atoms in total. The van der Waals surface area contributed by atoms with Crippen molar-refractivity contribution >= 4 is 5.91 Å². The molecule has 94 valence electrons. The number of nitrogens with zero attached hydrogens (tertiary/aromatic N) is 1. The summed E-state index contributed by atoms with van der Waals surface area (Å²) < 4.78 is 0. The van der Waals surface area contributed by atoms with Gasteiger partial charge in [0.15, 0.2) is 0 Å². The number of aromatic amines is 1. The molecule has 0 bridgehead atoms. The average molecular weight is 236 g/mol. The van der Waals surface area contributed by atoms with Gasteiger partial charge < -0.3 is 15.6 Å². The minimum absolute atomic E-state index is 0.137. The van der Waals surface area contributed by atoms with Crippen LogP contribution >= 0.6 is 0 Å². The highest BCUT2D eigenvalue weighted by Gasteiger charge is 2.19. The maximum Gasteiger partial charge on any atom is 0.221 e. The molecule has 17 heavy (non-hydrogen) atoms. The van der Waals surface area contributed by atoms with Gasteiger partial charge in [-0.05, 0) is 19.3 Å². The van der Waals surface area contributed by atoms with E-state index in [-0.39, 0.29) is 5.91 Å². The topological polar surface area (TPSA) is 69.8 Å². The molecular weight excluding hydrogens is 216 g/mol. The first-order valence-corrected chi connectivity index (χ1v) is 6.33. The van der Waals surface area contributed by atoms with Gasteiger partial charge in [0, 0.05) is 44.4 Å². The van der Waals surface area contributed by atoms with E-state index in [0.29, 0.717) is 12.5 Å². The third kappa shape index (κ3) is 4.99. The van der Waals surface area contributed by atoms with Crippen molar-refractivity contribution in [3.8, 4) is 0 Å². The van der Waals surface area contributed by atoms with E-state index in [1.807, 2.05) is 6.20 Å². The Morgan fingerprint density at radius 2 is 2.35 bits per heavy atom. The van der Waals surface area contributed by atoms with Crippen molar-refractivity contribution in [2.45, 2.75) is 38.1 Å². The third-order valence-corrected chi connectivity index (χ3v) is 2.83. The first kappa shape index (κ1) is 12.1. The van der Waals surface area contributed by atoms with E-state index in [0.717, 1.165) is 31.8 Å². The highest BCUT2D eigenvalue weighted by atomic mass is 16.1. The molecule has 0 aliphatic heterocycles. The zero-order chi connectivity index (χ0) is 11.9. The highest BCUT2D eigenvalue weighted by Crippen LogP contribution is 2.18. The van der Waals surface area contributed by atoms with Crippen LogP contribution in [0.25, 0.3) is 0 Å². The Morgan fingerprint density at radius 1 is 1.47 bits per heavy atom. The Hall–Kier alpha value is -1.36. The Bertz CT molecular complexity index is 332. The molecule has 5 heteroatoms. The molecule has 3 N–H and O–H groups in total. The number of carbonyl (C=O) groups is 1. The lowest BCUT2D eigenvalue weighted by molar-refractivity contribution is -0.121. The second-order valence-corrected chi connectivity index (χ2v) is 4.47. The fraction of sp³-hybridized carbons (Fsp3) is 0.667. The maximum absolute atomic E-state index is 11.4. The van der Waals surface area contributed by atoms with E-state index >= 15 is 0 Å². The Kier molecular flexibility index (Phi) is 4.55. The van der Waals surface area contributed by atoms with Crippen LogP contribution in [0.15, 0.2) is 12.4 Å². The van der Waals surface area contributed by atoms with Gasteiger partial charge in [-0.3, -0.25) is 4.79 Å². The second-order valence-electron chi connectivity index (χ2n) is 4.47. The fourth-order valence-corrected chi connectivity index (χ4v) is 1.68. The van der Waals surface area contributed by atoms with E-state index in [1.54, 1.807) is 6.20 Å². The smallest absolute Gasteiger partial charge is 0.221 e. The summed E-state index contributed by atoms with van der Waals surface area (Å²) in [6.45, 7) is 1.53. The summed E-state index contributed by atoms with van der Waals surface area (Å²) in [7, 11) is 0. The third-order valence-electron chi connectivity index (χ3n) is 2.83. The van der Waals surface area contributed by atoms with Gasteiger partial charge in [0.1, 0.15) is 5.82 Å². The van der Waals surface area contributed by atoms with Crippen molar-refractivity contribution in [3.63, 3.8) is 0 Å². The number of H-pyrrole nitrogens is 1. The van der Waals surface area contributed by atoms with E-state index in [1.165, 1.54) is 12.8 Å². The van der Waals surface area contributed by atoms with Crippen molar-refractivity contribution in [3.05, 3.63) is 18.2 Å². The lowest BCUT2D eigenvalue weighted by Crippen LogP contribution is -2.29. The van der Waals surface area contributed by atoms with Crippen LogP contribution in [0, 0.1) is 0 Å². The van der Waals surface area contributed by atoms with E-state index in [9.17, 15) is 4.79 Å². The summed E-state index contributed by atoms with van der Waals surface area (Å²) in [5.41, 5.74) is 0. The summed E-state index contributed by atoms with van der Waals surface area (Å²) in [5, 5.41) is 6.24. The van der Waals surface area contributed by atoms with Crippen LogP contribution in [0.4, 0.5) is 0 Å². The van der Waals surface area contributed by atoms with Crippen LogP contribution < -0.4 is 10.6 Å². The van der Waals surface area contributed by atoms with Gasteiger partial charge in [0.2, 0.25) is 5.91 Å². The molecule has 1 aliphatic carbocycles. The quantitative estimate of drug-likeness (QED) is 0.579. The molecule has 1 aromatic rings. The van der Waals surface area contributed by atoms with E-state index < -0.39 is 0 Å². The largest absolute Gasteiger partial charge is 0.356 e. The molecule has 1 heterocycles. The fourth-order valence-electron chi connectivity index (χ4n) is 1.68. The first-order valence-electron chi connectivity index (χ1n) is 6.33. The molecule has 0 aromatic carbocycles. The summed E-state index contributed by atoms with van der Waals surface area (Å²) in [5.74, 6) is 1.12. The molecule has 0 unspecified atom stereocenters. The SMILES string of the molecule is O=C(CCNC1CC1)NCCCc1ncc[nH]1. The molecule has 1 amide bonds. The zero-order valence-electron chi connectivity index (χ0n) is 10.0. The van der Waals surface area contributed by atoms with Gasteiger partial charge in [-0.25, -0.2) is 4.98 Å². The molecule has 1 fully saturated rings. The normalized spacial score (nSPS) is 14.8. The molecule has 1 aliphatic rings. The van der Waals surface area contributed by atoms with Gasteiger partial charge in [0.05, 0.1) is 0 Å². The lowest BCUT2D eigenvalue weighted by Gasteiger charge is -2.05. The number of carbonyl (C=O) groups excluding carboxylic acids is 1. The van der Waals surface area contributed by atoms with Gasteiger partial charge >= 0.3 is 0 Å². The summed E-state index contributed by atoms with van der Waals surface area (Å²) >= 11 is 0. The zero-order valence-corrected chi connectivity index (χ0v) is 10.0. The molecular formula is C12H20N4O. The summed E-state index contributed by atoms with van der Waals surface area (Å²) in [6.07, 6.45) is 8.49. The number of imidazole rings is 1. The van der Waals surface area contributed by atoms with Gasteiger partial charge in [-0.1, -0.05) is 0 Å². The monoisotopic (exact) mass is 236 g/mol. The van der Waals surface area contributed by atoms with Crippen LogP contribution in [0.2, 0.25) is 0 Å². The lowest BCUT2D eigenvalue weighted by atomic mass is 10.3. The Balaban J connectivity index is 1.45. The van der Waals surface area contributed by atoms with Crippen LogP contribution in [0.5, 0.6) is 0 Å². The minimum Gasteiger partial charge on any atom is -0.356 e. The van der Waals surface area contributed by atoms with E-state index in [4.69, 9.17) is 0 Å². The number of aryl methyl sites for hydroxylation is 1. The second kappa shape index (κ2) is 6.39. The molecule has 0 radical (unpaired) electrons. The van der Waals surface area contributed by atoms with Crippen molar-refractivity contribution in [2.75, 3.05) is 13.1 Å². The van der Waals surface area contributed by atoms with Gasteiger partial charge in [-0.15, -0.1) is 0 Å². The van der Waals surface area contributed by atoms with Crippen LogP contribution in [0.3, 0.4) is 0 Å². The van der Waals surface area contributed by atoms with Gasteiger partial charge in [-0.2, -0.15) is 0 Å². The Labute approximate surface area is 101 Å². The molecule has 1 saturated carbocycles. The molecule has 0 saturated heterocycles. The Morgan fingerprint density at radius 3 is 3.06 bits per heavy atom. The number of aromatic nitrogens is 2. The molecule has 0 spiro atoms. The molecule has 0 atom stereocenters. The van der Waals surface area contributed by atoms with Crippen molar-refractivity contribution in [2.24, 2.45) is 0 Å². The van der Waals surface area contributed by atoms with Crippen LogP contribution in [-0.2, 0) is 11.2 Å². The number of amides is 1. The predicted octanol–water partition coefficient (Wildman–Crippen LogP) is 0.601. The van der Waals surface area contributed by atoms with Crippen molar-refractivity contribution < 1.29 is 4.79 Å². The van der Waals surface area contributed by atoms with Crippen molar-refractivity contribution in [1.29, 1.82) is 0 Å². The van der Waals surface area contributed by atoms with Crippen LogP contribution in [-0.4, -0.2) is 35.0 Å². The number of rotatable bonds is 8.